The molecule has 1 aliphatic heterocycles. The van der Waals surface area contributed by atoms with Crippen LogP contribution in [0.2, 0.25) is 0 Å². The lowest BCUT2D eigenvalue weighted by molar-refractivity contribution is 0.0176. The Labute approximate surface area is 199 Å². The number of aliphatic hydroxyl groups is 1. The van der Waals surface area contributed by atoms with Crippen LogP contribution >= 0.6 is 35.3 Å². The van der Waals surface area contributed by atoms with E-state index in [1.165, 1.54) is 9.75 Å². The van der Waals surface area contributed by atoms with Crippen molar-refractivity contribution in [3.8, 4) is 0 Å². The highest BCUT2D eigenvalue weighted by Gasteiger charge is 2.27. The SMILES string of the molecule is CCNC(=NCC(C)(O)c1ccco1)NCC(c1ccc(C)s1)N1CCOCC1.I. The number of nitrogens with zero attached hydrogens (tertiary/aromatic N) is 2. The third-order valence-corrected chi connectivity index (χ3v) is 6.08. The highest BCUT2D eigenvalue weighted by molar-refractivity contribution is 14.0. The number of hydrogen-bond donors (Lipinski definition) is 3. The predicted molar refractivity (Wildman–Crippen MR) is 132 cm³/mol. The predicted octanol–water partition coefficient (Wildman–Crippen LogP) is 3.10. The summed E-state index contributed by atoms with van der Waals surface area (Å²) in [6.45, 7) is 10.9. The summed E-state index contributed by atoms with van der Waals surface area (Å²) in [6, 6.07) is 8.18. The molecule has 0 aromatic carbocycles. The van der Waals surface area contributed by atoms with Crippen molar-refractivity contribution in [2.24, 2.45) is 4.99 Å². The number of furan rings is 1. The second-order valence-corrected chi connectivity index (χ2v) is 8.76. The van der Waals surface area contributed by atoms with Crippen LogP contribution in [-0.4, -0.2) is 61.9 Å². The van der Waals surface area contributed by atoms with E-state index in [1.54, 1.807) is 25.3 Å². The molecule has 0 saturated carbocycles. The molecule has 0 radical (unpaired) electrons. The topological polar surface area (TPSA) is 82.3 Å². The van der Waals surface area contributed by atoms with E-state index in [0.29, 0.717) is 11.7 Å². The number of aliphatic imine (C=N–C) groups is 1. The molecule has 0 aliphatic carbocycles. The van der Waals surface area contributed by atoms with E-state index >= 15 is 0 Å². The Bertz CT molecular complexity index is 773. The summed E-state index contributed by atoms with van der Waals surface area (Å²) in [7, 11) is 0. The fourth-order valence-corrected chi connectivity index (χ4v) is 4.37. The summed E-state index contributed by atoms with van der Waals surface area (Å²) in [5.41, 5.74) is -1.15. The van der Waals surface area contributed by atoms with Gasteiger partial charge in [-0.2, -0.15) is 0 Å². The Morgan fingerprint density at radius 3 is 2.67 bits per heavy atom. The van der Waals surface area contributed by atoms with Gasteiger partial charge in [0.05, 0.1) is 32.1 Å². The zero-order valence-electron chi connectivity index (χ0n) is 17.9. The summed E-state index contributed by atoms with van der Waals surface area (Å²) in [5.74, 6) is 1.20. The van der Waals surface area contributed by atoms with Crippen LogP contribution in [0.15, 0.2) is 39.9 Å². The molecule has 9 heteroatoms. The molecule has 168 valence electrons. The van der Waals surface area contributed by atoms with Gasteiger partial charge >= 0.3 is 0 Å². The van der Waals surface area contributed by atoms with Crippen LogP contribution in [-0.2, 0) is 10.3 Å². The number of nitrogens with one attached hydrogen (secondary N) is 2. The Kier molecular flexibility index (Phi) is 10.1. The van der Waals surface area contributed by atoms with Crippen LogP contribution in [0.4, 0.5) is 0 Å². The first kappa shape index (κ1) is 25.1. The van der Waals surface area contributed by atoms with Crippen molar-refractivity contribution in [3.05, 3.63) is 46.0 Å². The first-order valence-electron chi connectivity index (χ1n) is 10.2. The molecule has 2 atom stereocenters. The van der Waals surface area contributed by atoms with Gasteiger partial charge in [-0.15, -0.1) is 35.3 Å². The molecule has 1 aliphatic rings. The third-order valence-electron chi connectivity index (χ3n) is 4.98. The lowest BCUT2D eigenvalue weighted by Crippen LogP contribution is -2.46. The molecule has 1 saturated heterocycles. The highest BCUT2D eigenvalue weighted by Crippen LogP contribution is 2.28. The van der Waals surface area contributed by atoms with Crippen molar-refractivity contribution in [1.82, 2.24) is 15.5 Å². The molecule has 0 spiro atoms. The van der Waals surface area contributed by atoms with Crippen molar-refractivity contribution in [2.45, 2.75) is 32.4 Å². The van der Waals surface area contributed by atoms with Gasteiger partial charge in [0.15, 0.2) is 5.96 Å². The molecule has 3 rings (SSSR count). The fourth-order valence-electron chi connectivity index (χ4n) is 3.36. The van der Waals surface area contributed by atoms with Gasteiger partial charge in [0.2, 0.25) is 0 Å². The van der Waals surface area contributed by atoms with Gasteiger partial charge in [-0.1, -0.05) is 0 Å². The number of hydrogen-bond acceptors (Lipinski definition) is 6. The van der Waals surface area contributed by atoms with E-state index in [4.69, 9.17) is 9.15 Å². The van der Waals surface area contributed by atoms with E-state index in [2.05, 4.69) is 39.6 Å². The van der Waals surface area contributed by atoms with E-state index in [1.807, 2.05) is 18.3 Å². The number of aryl methyl sites for hydroxylation is 1. The van der Waals surface area contributed by atoms with E-state index in [9.17, 15) is 5.11 Å². The molecule has 7 nitrogen and oxygen atoms in total. The number of halogens is 1. The second kappa shape index (κ2) is 12.0. The lowest BCUT2D eigenvalue weighted by Gasteiger charge is -2.34. The molecule has 2 unspecified atom stereocenters. The van der Waals surface area contributed by atoms with Crippen LogP contribution in [0.5, 0.6) is 0 Å². The number of rotatable bonds is 8. The lowest BCUT2D eigenvalue weighted by atomic mass is 10.0. The first-order chi connectivity index (χ1) is 14.0. The molecule has 2 aromatic rings. The van der Waals surface area contributed by atoms with Crippen LogP contribution in [0.3, 0.4) is 0 Å². The monoisotopic (exact) mass is 548 g/mol. The Morgan fingerprint density at radius 1 is 1.30 bits per heavy atom. The molecule has 0 bridgehead atoms. The van der Waals surface area contributed by atoms with Gasteiger partial charge in [-0.25, -0.2) is 4.99 Å². The van der Waals surface area contributed by atoms with Crippen LogP contribution < -0.4 is 10.6 Å². The molecular formula is C21H33IN4O3S. The van der Waals surface area contributed by atoms with Crippen LogP contribution in [0, 0.1) is 6.92 Å². The van der Waals surface area contributed by atoms with Crippen molar-refractivity contribution < 1.29 is 14.3 Å². The summed E-state index contributed by atoms with van der Waals surface area (Å²) in [5, 5.41) is 17.4. The summed E-state index contributed by atoms with van der Waals surface area (Å²) < 4.78 is 10.9. The van der Waals surface area contributed by atoms with E-state index in [0.717, 1.165) is 39.4 Å². The number of thiophene rings is 1. The van der Waals surface area contributed by atoms with Gasteiger partial charge in [0, 0.05) is 35.9 Å². The van der Waals surface area contributed by atoms with Crippen molar-refractivity contribution >= 4 is 41.3 Å². The maximum Gasteiger partial charge on any atom is 0.191 e. The normalized spacial score (nSPS) is 18.3. The average Bonchev–Trinajstić information content (AvgIpc) is 3.40. The van der Waals surface area contributed by atoms with Crippen molar-refractivity contribution in [1.29, 1.82) is 0 Å². The number of ether oxygens (including phenoxy) is 1. The van der Waals surface area contributed by atoms with Gasteiger partial charge in [-0.05, 0) is 45.0 Å². The zero-order valence-corrected chi connectivity index (χ0v) is 21.0. The minimum absolute atomic E-state index is 0. The molecule has 1 fully saturated rings. The average molecular weight is 548 g/mol. The van der Waals surface area contributed by atoms with Crippen LogP contribution in [0.25, 0.3) is 0 Å². The first-order valence-corrected chi connectivity index (χ1v) is 11.0. The highest BCUT2D eigenvalue weighted by atomic mass is 127. The molecule has 3 N–H and O–H groups in total. The minimum atomic E-state index is -1.15. The van der Waals surface area contributed by atoms with E-state index in [-0.39, 0.29) is 36.6 Å². The standard InChI is InChI=1S/C21H32N4O3S.HI/c1-4-22-20(24-15-21(3,26)19-6-5-11-28-19)23-14-17(18-8-7-16(2)29-18)25-9-12-27-13-10-25;/h5-8,11,17,26H,4,9-10,12-15H2,1-3H3,(H2,22,23,24);1H. The Balaban J connectivity index is 0.00000320. The molecule has 30 heavy (non-hydrogen) atoms. The number of guanidine groups is 1. The number of morpholine rings is 1. The summed E-state index contributed by atoms with van der Waals surface area (Å²) in [4.78, 5) is 9.72. The van der Waals surface area contributed by atoms with Gasteiger partial charge < -0.3 is 24.9 Å². The molecule has 3 heterocycles. The quantitative estimate of drug-likeness (QED) is 0.267. The summed E-state index contributed by atoms with van der Waals surface area (Å²) >= 11 is 1.84. The zero-order chi connectivity index (χ0) is 20.7. The Hall–Kier alpha value is -1.14. The third kappa shape index (κ3) is 6.94. The maximum atomic E-state index is 10.7. The molecular weight excluding hydrogens is 515 g/mol. The summed E-state index contributed by atoms with van der Waals surface area (Å²) in [6.07, 6.45) is 1.56. The largest absolute Gasteiger partial charge is 0.466 e. The van der Waals surface area contributed by atoms with Crippen molar-refractivity contribution in [2.75, 3.05) is 45.9 Å². The molecule has 0 amide bonds. The van der Waals surface area contributed by atoms with Gasteiger partial charge in [0.1, 0.15) is 11.4 Å². The van der Waals surface area contributed by atoms with Crippen LogP contribution in [0.1, 0.15) is 35.4 Å². The van der Waals surface area contributed by atoms with Crippen molar-refractivity contribution in [3.63, 3.8) is 0 Å². The fraction of sp³-hybridized carbons (Fsp3) is 0.571. The molecule has 2 aromatic heterocycles. The van der Waals surface area contributed by atoms with E-state index < -0.39 is 5.60 Å². The van der Waals surface area contributed by atoms with Gasteiger partial charge in [0.25, 0.3) is 0 Å². The van der Waals surface area contributed by atoms with Gasteiger partial charge in [-0.3, -0.25) is 4.90 Å². The smallest absolute Gasteiger partial charge is 0.191 e. The minimum Gasteiger partial charge on any atom is -0.466 e. The maximum absolute atomic E-state index is 10.7. The Morgan fingerprint density at radius 2 is 2.07 bits per heavy atom. The second-order valence-electron chi connectivity index (χ2n) is 7.44.